The van der Waals surface area contributed by atoms with Crippen LogP contribution in [0.15, 0.2) is 0 Å². The first kappa shape index (κ1) is 9.05. The largest absolute Gasteiger partial charge is 0.393 e. The van der Waals surface area contributed by atoms with E-state index in [1.165, 1.54) is 6.42 Å². The van der Waals surface area contributed by atoms with Crippen molar-refractivity contribution in [2.24, 2.45) is 17.8 Å². The van der Waals surface area contributed by atoms with Crippen molar-refractivity contribution < 1.29 is 5.11 Å². The number of hydrogen-bond donors (Lipinski definition) is 1. The first-order chi connectivity index (χ1) is 5.11. The van der Waals surface area contributed by atoms with E-state index in [4.69, 9.17) is 0 Å². The summed E-state index contributed by atoms with van der Waals surface area (Å²) < 4.78 is 0. The van der Waals surface area contributed by atoms with Gasteiger partial charge in [0.2, 0.25) is 0 Å². The Kier molecular flexibility index (Phi) is 2.94. The first-order valence-corrected chi connectivity index (χ1v) is 4.79. The Labute approximate surface area is 69.8 Å². The topological polar surface area (TPSA) is 20.2 Å². The summed E-state index contributed by atoms with van der Waals surface area (Å²) in [7, 11) is 0. The minimum Gasteiger partial charge on any atom is -0.393 e. The van der Waals surface area contributed by atoms with Gasteiger partial charge in [0, 0.05) is 0 Å². The average molecular weight is 156 g/mol. The molecule has 0 spiro atoms. The molecular weight excluding hydrogens is 136 g/mol. The average Bonchev–Trinajstić information content (AvgIpc) is 1.85. The molecule has 0 unspecified atom stereocenters. The fourth-order valence-corrected chi connectivity index (χ4v) is 2.38. The third kappa shape index (κ3) is 2.19. The van der Waals surface area contributed by atoms with Gasteiger partial charge in [0.25, 0.3) is 0 Å². The van der Waals surface area contributed by atoms with Crippen molar-refractivity contribution in [1.82, 2.24) is 0 Å². The smallest absolute Gasteiger partial charge is 0.0543 e. The molecule has 1 nitrogen and oxygen atoms in total. The van der Waals surface area contributed by atoms with E-state index >= 15 is 0 Å². The first-order valence-electron chi connectivity index (χ1n) is 4.79. The van der Waals surface area contributed by atoms with E-state index in [0.29, 0.717) is 0 Å². The Morgan fingerprint density at radius 1 is 1.27 bits per heavy atom. The van der Waals surface area contributed by atoms with Crippen molar-refractivity contribution in [3.63, 3.8) is 0 Å². The van der Waals surface area contributed by atoms with E-state index in [0.717, 1.165) is 30.6 Å². The molecular formula is C10H20O. The van der Waals surface area contributed by atoms with Gasteiger partial charge in [-0.25, -0.2) is 0 Å². The standard InChI is InChI=1S/C10H20O/c1-7(2)10-5-4-9(11)6-8(10)3/h7-11H,4-6H2,1-3H3/t8-,9-,10-/m1/s1. The van der Waals surface area contributed by atoms with Crippen molar-refractivity contribution in [1.29, 1.82) is 0 Å². The van der Waals surface area contributed by atoms with Gasteiger partial charge in [-0.1, -0.05) is 20.8 Å². The molecule has 66 valence electrons. The van der Waals surface area contributed by atoms with Gasteiger partial charge in [0.05, 0.1) is 6.10 Å². The highest BCUT2D eigenvalue weighted by molar-refractivity contribution is 4.78. The summed E-state index contributed by atoms with van der Waals surface area (Å²) in [6, 6.07) is 0. The molecule has 1 saturated carbocycles. The highest BCUT2D eigenvalue weighted by atomic mass is 16.3. The Hall–Kier alpha value is -0.0400. The van der Waals surface area contributed by atoms with E-state index in [1.54, 1.807) is 0 Å². The minimum atomic E-state index is -0.0139. The molecule has 0 amide bonds. The third-order valence-corrected chi connectivity index (χ3v) is 3.06. The van der Waals surface area contributed by atoms with Crippen molar-refractivity contribution in [2.45, 2.75) is 46.1 Å². The summed E-state index contributed by atoms with van der Waals surface area (Å²) in [5, 5.41) is 9.38. The molecule has 1 heteroatoms. The molecule has 1 N–H and O–H groups in total. The fourth-order valence-electron chi connectivity index (χ4n) is 2.38. The molecule has 1 fully saturated rings. The number of aliphatic hydroxyl groups excluding tert-OH is 1. The number of hydrogen-bond acceptors (Lipinski definition) is 1. The van der Waals surface area contributed by atoms with E-state index in [-0.39, 0.29) is 6.10 Å². The summed E-state index contributed by atoms with van der Waals surface area (Å²) in [4.78, 5) is 0. The van der Waals surface area contributed by atoms with E-state index in [9.17, 15) is 5.11 Å². The van der Waals surface area contributed by atoms with Crippen LogP contribution in [0.3, 0.4) is 0 Å². The van der Waals surface area contributed by atoms with Crippen LogP contribution in [0, 0.1) is 17.8 Å². The zero-order valence-corrected chi connectivity index (χ0v) is 7.88. The Bertz CT molecular complexity index is 120. The van der Waals surface area contributed by atoms with E-state index in [2.05, 4.69) is 20.8 Å². The fraction of sp³-hybridized carbons (Fsp3) is 1.00. The quantitative estimate of drug-likeness (QED) is 0.618. The van der Waals surface area contributed by atoms with Gasteiger partial charge in [-0.3, -0.25) is 0 Å². The summed E-state index contributed by atoms with van der Waals surface area (Å²) in [5.41, 5.74) is 0. The highest BCUT2D eigenvalue weighted by Crippen LogP contribution is 2.34. The van der Waals surface area contributed by atoms with Crippen molar-refractivity contribution in [3.8, 4) is 0 Å². The van der Waals surface area contributed by atoms with Crippen LogP contribution in [0.2, 0.25) is 0 Å². The predicted molar refractivity (Wildman–Crippen MR) is 47.3 cm³/mol. The lowest BCUT2D eigenvalue weighted by Gasteiger charge is -2.34. The van der Waals surface area contributed by atoms with Gasteiger partial charge in [0.1, 0.15) is 0 Å². The second kappa shape index (κ2) is 3.57. The molecule has 0 aromatic carbocycles. The van der Waals surface area contributed by atoms with Crippen LogP contribution in [0.5, 0.6) is 0 Å². The molecule has 3 atom stereocenters. The molecule has 0 aliphatic heterocycles. The predicted octanol–water partition coefficient (Wildman–Crippen LogP) is 2.44. The van der Waals surface area contributed by atoms with Gasteiger partial charge in [-0.15, -0.1) is 0 Å². The van der Waals surface area contributed by atoms with Crippen LogP contribution in [0.1, 0.15) is 40.0 Å². The van der Waals surface area contributed by atoms with Crippen LogP contribution in [-0.2, 0) is 0 Å². The lowest BCUT2D eigenvalue weighted by atomic mass is 9.73. The summed E-state index contributed by atoms with van der Waals surface area (Å²) >= 11 is 0. The second-order valence-corrected chi connectivity index (χ2v) is 4.35. The Balaban J connectivity index is 2.44. The van der Waals surface area contributed by atoms with E-state index < -0.39 is 0 Å². The van der Waals surface area contributed by atoms with Crippen LogP contribution < -0.4 is 0 Å². The normalized spacial score (nSPS) is 39.5. The van der Waals surface area contributed by atoms with Crippen LogP contribution in [0.4, 0.5) is 0 Å². The molecule has 11 heavy (non-hydrogen) atoms. The molecule has 1 aliphatic rings. The maximum Gasteiger partial charge on any atom is 0.0543 e. The van der Waals surface area contributed by atoms with Gasteiger partial charge in [0.15, 0.2) is 0 Å². The zero-order valence-electron chi connectivity index (χ0n) is 7.88. The van der Waals surface area contributed by atoms with Crippen molar-refractivity contribution >= 4 is 0 Å². The van der Waals surface area contributed by atoms with Crippen LogP contribution >= 0.6 is 0 Å². The van der Waals surface area contributed by atoms with E-state index in [1.807, 2.05) is 0 Å². The monoisotopic (exact) mass is 156 g/mol. The van der Waals surface area contributed by atoms with Crippen molar-refractivity contribution in [3.05, 3.63) is 0 Å². The maximum absolute atomic E-state index is 9.38. The third-order valence-electron chi connectivity index (χ3n) is 3.06. The maximum atomic E-state index is 9.38. The Morgan fingerprint density at radius 2 is 1.91 bits per heavy atom. The Morgan fingerprint density at radius 3 is 2.36 bits per heavy atom. The number of aliphatic hydroxyl groups is 1. The molecule has 0 radical (unpaired) electrons. The summed E-state index contributed by atoms with van der Waals surface area (Å²) in [6.07, 6.45) is 3.25. The number of rotatable bonds is 1. The van der Waals surface area contributed by atoms with Gasteiger partial charge in [-0.2, -0.15) is 0 Å². The lowest BCUT2D eigenvalue weighted by Crippen LogP contribution is -2.28. The molecule has 0 heterocycles. The highest BCUT2D eigenvalue weighted by Gasteiger charge is 2.27. The second-order valence-electron chi connectivity index (χ2n) is 4.35. The summed E-state index contributed by atoms with van der Waals surface area (Å²) in [6.45, 7) is 6.85. The molecule has 0 saturated heterocycles. The van der Waals surface area contributed by atoms with Gasteiger partial charge in [-0.05, 0) is 37.0 Å². The molecule has 0 aromatic rings. The van der Waals surface area contributed by atoms with Crippen LogP contribution in [0.25, 0.3) is 0 Å². The molecule has 0 aromatic heterocycles. The van der Waals surface area contributed by atoms with Crippen LogP contribution in [-0.4, -0.2) is 11.2 Å². The SMILES string of the molecule is CC(C)[C@H]1CC[C@@H](O)C[C@H]1C. The molecule has 1 rings (SSSR count). The zero-order chi connectivity index (χ0) is 8.43. The molecule has 1 aliphatic carbocycles. The minimum absolute atomic E-state index is 0.0139. The summed E-state index contributed by atoms with van der Waals surface area (Å²) in [5.74, 6) is 2.36. The lowest BCUT2D eigenvalue weighted by molar-refractivity contribution is 0.0595. The van der Waals surface area contributed by atoms with Gasteiger partial charge >= 0.3 is 0 Å². The van der Waals surface area contributed by atoms with Crippen molar-refractivity contribution in [2.75, 3.05) is 0 Å². The molecule has 0 bridgehead atoms. The van der Waals surface area contributed by atoms with Gasteiger partial charge < -0.3 is 5.11 Å².